The van der Waals surface area contributed by atoms with Crippen molar-refractivity contribution in [1.29, 1.82) is 0 Å². The summed E-state index contributed by atoms with van der Waals surface area (Å²) < 4.78 is 5.24. The number of nitrogens with two attached hydrogens (primary N) is 1. The van der Waals surface area contributed by atoms with E-state index in [9.17, 15) is 4.79 Å². The second-order valence-corrected chi connectivity index (χ2v) is 5.03. The quantitative estimate of drug-likeness (QED) is 0.344. The molecule has 0 fully saturated rings. The molecule has 112 valence electrons. The van der Waals surface area contributed by atoms with Crippen LogP contribution in [0.15, 0.2) is 23.3 Å². The van der Waals surface area contributed by atoms with Crippen LogP contribution < -0.4 is 15.8 Å². The molecule has 21 heavy (non-hydrogen) atoms. The Balaban J connectivity index is 2.21. The van der Waals surface area contributed by atoms with Gasteiger partial charge in [0.2, 0.25) is 5.91 Å². The van der Waals surface area contributed by atoms with Gasteiger partial charge in [-0.25, -0.2) is 0 Å². The van der Waals surface area contributed by atoms with E-state index in [1.54, 1.807) is 7.11 Å². The van der Waals surface area contributed by atoms with E-state index in [-0.39, 0.29) is 0 Å². The molecule has 0 aromatic heterocycles. The number of aryl methyl sites for hydroxylation is 1. The van der Waals surface area contributed by atoms with E-state index >= 15 is 0 Å². The fourth-order valence-corrected chi connectivity index (χ4v) is 2.78. The zero-order valence-electron chi connectivity index (χ0n) is 12.0. The molecule has 2 rings (SSSR count). The molecule has 0 saturated carbocycles. The SMILES string of the molecule is COc1ccc2c(c1)C(NCCCN=[N+]=[N-])(C(N)=O)CC2. The van der Waals surface area contributed by atoms with Crippen molar-refractivity contribution in [1.82, 2.24) is 5.32 Å². The largest absolute Gasteiger partial charge is 0.497 e. The molecule has 0 spiro atoms. The van der Waals surface area contributed by atoms with Gasteiger partial charge in [0.25, 0.3) is 0 Å². The van der Waals surface area contributed by atoms with Crippen molar-refractivity contribution in [3.05, 3.63) is 39.8 Å². The molecule has 1 atom stereocenters. The second-order valence-electron chi connectivity index (χ2n) is 5.03. The first-order valence-electron chi connectivity index (χ1n) is 6.87. The van der Waals surface area contributed by atoms with Crippen molar-refractivity contribution < 1.29 is 9.53 Å². The Hall–Kier alpha value is -2.24. The molecule has 0 heterocycles. The molecule has 3 N–H and O–H groups in total. The van der Waals surface area contributed by atoms with Crippen molar-refractivity contribution in [2.75, 3.05) is 20.2 Å². The molecule has 0 bridgehead atoms. The van der Waals surface area contributed by atoms with Gasteiger partial charge in [-0.1, -0.05) is 11.2 Å². The first-order chi connectivity index (χ1) is 10.1. The van der Waals surface area contributed by atoms with Crippen LogP contribution >= 0.6 is 0 Å². The molecule has 0 aliphatic heterocycles. The van der Waals surface area contributed by atoms with Crippen molar-refractivity contribution in [3.8, 4) is 5.75 Å². The van der Waals surface area contributed by atoms with Gasteiger partial charge in [-0.15, -0.1) is 0 Å². The van der Waals surface area contributed by atoms with Gasteiger partial charge in [0.15, 0.2) is 0 Å². The fourth-order valence-electron chi connectivity index (χ4n) is 2.78. The molecule has 0 radical (unpaired) electrons. The van der Waals surface area contributed by atoms with E-state index in [4.69, 9.17) is 16.0 Å². The molecular formula is C14H19N5O2. The number of azide groups is 1. The number of ether oxygens (including phenoxy) is 1. The van der Waals surface area contributed by atoms with Crippen LogP contribution in [0.4, 0.5) is 0 Å². The molecule has 1 aromatic rings. The average molecular weight is 289 g/mol. The molecule has 1 aromatic carbocycles. The lowest BCUT2D eigenvalue weighted by Gasteiger charge is -2.28. The van der Waals surface area contributed by atoms with E-state index in [0.717, 1.165) is 17.5 Å². The van der Waals surface area contributed by atoms with Crippen LogP contribution in [0.25, 0.3) is 10.4 Å². The minimum Gasteiger partial charge on any atom is -0.497 e. The highest BCUT2D eigenvalue weighted by atomic mass is 16.5. The number of carbonyl (C=O) groups excluding carboxylic acids is 1. The zero-order chi connectivity index (χ0) is 15.3. The molecule has 7 nitrogen and oxygen atoms in total. The van der Waals surface area contributed by atoms with E-state index < -0.39 is 11.4 Å². The predicted octanol–water partition coefficient (Wildman–Crippen LogP) is 1.61. The summed E-state index contributed by atoms with van der Waals surface area (Å²) >= 11 is 0. The monoisotopic (exact) mass is 289 g/mol. The lowest BCUT2D eigenvalue weighted by atomic mass is 9.90. The van der Waals surface area contributed by atoms with Gasteiger partial charge in [0.1, 0.15) is 11.3 Å². The van der Waals surface area contributed by atoms with Crippen LogP contribution in [0.1, 0.15) is 24.0 Å². The smallest absolute Gasteiger partial charge is 0.242 e. The number of nitrogens with one attached hydrogen (secondary N) is 1. The van der Waals surface area contributed by atoms with Crippen molar-refractivity contribution in [2.24, 2.45) is 10.8 Å². The summed E-state index contributed by atoms with van der Waals surface area (Å²) in [4.78, 5) is 14.7. The van der Waals surface area contributed by atoms with Crippen LogP contribution in [0.5, 0.6) is 5.75 Å². The molecule has 1 amide bonds. The highest BCUT2D eigenvalue weighted by molar-refractivity contribution is 5.87. The zero-order valence-corrected chi connectivity index (χ0v) is 12.0. The summed E-state index contributed by atoms with van der Waals surface area (Å²) in [5, 5.41) is 6.73. The van der Waals surface area contributed by atoms with Crippen LogP contribution in [-0.4, -0.2) is 26.1 Å². The Morgan fingerprint density at radius 1 is 1.62 bits per heavy atom. The minimum absolute atomic E-state index is 0.390. The standard InChI is InChI=1S/C14H19N5O2/c1-21-11-4-3-10-5-6-14(13(15)20,12(10)9-11)17-7-2-8-18-19-16/h3-4,9,17H,2,5-8H2,1H3,(H2,15,20). The molecule has 1 aliphatic rings. The molecule has 1 unspecified atom stereocenters. The van der Waals surface area contributed by atoms with Gasteiger partial charge in [0, 0.05) is 11.5 Å². The van der Waals surface area contributed by atoms with Gasteiger partial charge < -0.3 is 10.5 Å². The van der Waals surface area contributed by atoms with Crippen LogP contribution in [0, 0.1) is 0 Å². The van der Waals surface area contributed by atoms with E-state index in [2.05, 4.69) is 15.3 Å². The van der Waals surface area contributed by atoms with Gasteiger partial charge in [-0.3, -0.25) is 10.1 Å². The molecular weight excluding hydrogens is 270 g/mol. The predicted molar refractivity (Wildman–Crippen MR) is 78.8 cm³/mol. The van der Waals surface area contributed by atoms with Crippen molar-refractivity contribution in [3.63, 3.8) is 0 Å². The maximum atomic E-state index is 12.0. The lowest BCUT2D eigenvalue weighted by Crippen LogP contribution is -2.51. The number of carbonyl (C=O) groups is 1. The van der Waals surface area contributed by atoms with Crippen molar-refractivity contribution in [2.45, 2.75) is 24.8 Å². The fraction of sp³-hybridized carbons (Fsp3) is 0.500. The van der Waals surface area contributed by atoms with E-state index in [0.29, 0.717) is 31.7 Å². The average Bonchev–Trinajstić information content (AvgIpc) is 2.86. The summed E-state index contributed by atoms with van der Waals surface area (Å²) in [6.45, 7) is 0.946. The summed E-state index contributed by atoms with van der Waals surface area (Å²) in [5.74, 6) is 0.315. The lowest BCUT2D eigenvalue weighted by molar-refractivity contribution is -0.124. The van der Waals surface area contributed by atoms with Gasteiger partial charge >= 0.3 is 0 Å². The number of amides is 1. The normalized spacial score (nSPS) is 19.7. The number of benzene rings is 1. The summed E-state index contributed by atoms with van der Waals surface area (Å²) in [5.41, 5.74) is 15.0. The van der Waals surface area contributed by atoms with E-state index in [1.165, 1.54) is 0 Å². The number of rotatable bonds is 7. The Labute approximate surface area is 123 Å². The summed E-state index contributed by atoms with van der Waals surface area (Å²) in [6, 6.07) is 5.73. The molecule has 7 heteroatoms. The maximum Gasteiger partial charge on any atom is 0.242 e. The first-order valence-corrected chi connectivity index (χ1v) is 6.87. The van der Waals surface area contributed by atoms with Gasteiger partial charge in [-0.2, -0.15) is 0 Å². The number of methoxy groups -OCH3 is 1. The molecule has 0 saturated heterocycles. The number of hydrogen-bond acceptors (Lipinski definition) is 4. The number of primary amides is 1. The first kappa shape index (κ1) is 15.2. The minimum atomic E-state index is -0.861. The third kappa shape index (κ3) is 2.94. The van der Waals surface area contributed by atoms with Crippen LogP contribution in [0.3, 0.4) is 0 Å². The van der Waals surface area contributed by atoms with Crippen LogP contribution in [-0.2, 0) is 16.8 Å². The number of fused-ring (bicyclic) bond motifs is 1. The third-order valence-corrected chi connectivity index (χ3v) is 3.89. The highest BCUT2D eigenvalue weighted by Gasteiger charge is 2.43. The topological polar surface area (TPSA) is 113 Å². The Bertz CT molecular complexity index is 583. The number of hydrogen-bond donors (Lipinski definition) is 2. The van der Waals surface area contributed by atoms with E-state index in [1.807, 2.05) is 18.2 Å². The third-order valence-electron chi connectivity index (χ3n) is 3.89. The highest BCUT2D eigenvalue weighted by Crippen LogP contribution is 2.38. The van der Waals surface area contributed by atoms with Gasteiger partial charge in [-0.05, 0) is 54.6 Å². The second kappa shape index (κ2) is 6.47. The number of nitrogens with zero attached hydrogens (tertiary/aromatic N) is 3. The van der Waals surface area contributed by atoms with Crippen molar-refractivity contribution >= 4 is 5.91 Å². The Kier molecular flexibility index (Phi) is 4.67. The maximum absolute atomic E-state index is 12.0. The summed E-state index contributed by atoms with van der Waals surface area (Å²) in [7, 11) is 1.59. The van der Waals surface area contributed by atoms with Crippen LogP contribution in [0.2, 0.25) is 0 Å². The van der Waals surface area contributed by atoms with Gasteiger partial charge in [0.05, 0.1) is 7.11 Å². The Morgan fingerprint density at radius 3 is 3.10 bits per heavy atom. The summed E-state index contributed by atoms with van der Waals surface area (Å²) in [6.07, 6.45) is 2.08. The molecule has 1 aliphatic carbocycles. The Morgan fingerprint density at radius 2 is 2.43 bits per heavy atom.